The zero-order valence-electron chi connectivity index (χ0n) is 13.0. The first-order valence-electron chi connectivity index (χ1n) is 7.39. The summed E-state index contributed by atoms with van der Waals surface area (Å²) in [7, 11) is 1.56. The van der Waals surface area contributed by atoms with Crippen LogP contribution in [0.15, 0.2) is 29.1 Å². The van der Waals surface area contributed by atoms with Crippen LogP contribution in [-0.2, 0) is 0 Å². The molecule has 0 fully saturated rings. The lowest BCUT2D eigenvalue weighted by Gasteiger charge is -2.38. The summed E-state index contributed by atoms with van der Waals surface area (Å²) in [6, 6.07) is 3.51. The van der Waals surface area contributed by atoms with E-state index in [1.807, 2.05) is 6.92 Å². The fourth-order valence-corrected chi connectivity index (χ4v) is 2.79. The van der Waals surface area contributed by atoms with Gasteiger partial charge in [-0.05, 0) is 25.8 Å². The number of aromatic nitrogens is 1. The standard InChI is InChI=1S/C16H19N3O4/c1-16(4-3-5-20)18-12-7-13(22-2)11(14-8-17-9-23-14)6-10(12)15(21)19-16/h6-9,18,20H,3-5H2,1-2H3,(H,19,21). The largest absolute Gasteiger partial charge is 0.496 e. The Balaban J connectivity index is 2.02. The fraction of sp³-hybridized carbons (Fsp3) is 0.375. The average Bonchev–Trinajstić information content (AvgIpc) is 3.06. The van der Waals surface area contributed by atoms with E-state index in [9.17, 15) is 4.79 Å². The molecule has 0 saturated carbocycles. The van der Waals surface area contributed by atoms with Crippen LogP contribution in [0, 0.1) is 0 Å². The number of rotatable bonds is 5. The van der Waals surface area contributed by atoms with Crippen molar-refractivity contribution < 1.29 is 19.1 Å². The molecule has 0 spiro atoms. The zero-order valence-corrected chi connectivity index (χ0v) is 13.0. The highest BCUT2D eigenvalue weighted by Gasteiger charge is 2.34. The van der Waals surface area contributed by atoms with E-state index in [4.69, 9.17) is 14.3 Å². The van der Waals surface area contributed by atoms with Crippen molar-refractivity contribution in [2.24, 2.45) is 0 Å². The highest BCUT2D eigenvalue weighted by atomic mass is 16.5. The molecule has 1 amide bonds. The number of carbonyl (C=O) groups excluding carboxylic acids is 1. The van der Waals surface area contributed by atoms with Gasteiger partial charge in [0, 0.05) is 12.7 Å². The number of fused-ring (bicyclic) bond motifs is 1. The van der Waals surface area contributed by atoms with Gasteiger partial charge < -0.3 is 24.9 Å². The Hall–Kier alpha value is -2.54. The van der Waals surface area contributed by atoms with Gasteiger partial charge in [0.2, 0.25) is 0 Å². The third-order valence-electron chi connectivity index (χ3n) is 3.92. The first-order valence-corrected chi connectivity index (χ1v) is 7.39. The molecule has 1 aliphatic rings. The third-order valence-corrected chi connectivity index (χ3v) is 3.92. The van der Waals surface area contributed by atoms with Gasteiger partial charge in [-0.15, -0.1) is 0 Å². The molecule has 1 aromatic heterocycles. The lowest BCUT2D eigenvalue weighted by Crippen LogP contribution is -2.55. The van der Waals surface area contributed by atoms with E-state index < -0.39 is 5.66 Å². The van der Waals surface area contributed by atoms with E-state index in [1.54, 1.807) is 25.4 Å². The molecule has 0 bridgehead atoms. The van der Waals surface area contributed by atoms with Gasteiger partial charge in [0.1, 0.15) is 11.4 Å². The van der Waals surface area contributed by atoms with Crippen molar-refractivity contribution in [3.8, 4) is 17.1 Å². The molecule has 3 rings (SSSR count). The molecule has 2 aromatic rings. The topological polar surface area (TPSA) is 96.6 Å². The molecule has 1 unspecified atom stereocenters. The summed E-state index contributed by atoms with van der Waals surface area (Å²) in [5, 5.41) is 15.3. The van der Waals surface area contributed by atoms with Crippen molar-refractivity contribution in [2.75, 3.05) is 19.0 Å². The molecule has 3 N–H and O–H groups in total. The number of benzene rings is 1. The molecule has 1 aromatic carbocycles. The van der Waals surface area contributed by atoms with Gasteiger partial charge in [-0.3, -0.25) is 4.79 Å². The summed E-state index contributed by atoms with van der Waals surface area (Å²) in [6.07, 6.45) is 4.11. The molecule has 1 atom stereocenters. The van der Waals surface area contributed by atoms with Crippen molar-refractivity contribution >= 4 is 11.6 Å². The molecule has 122 valence electrons. The summed E-state index contributed by atoms with van der Waals surface area (Å²) in [4.78, 5) is 16.4. The zero-order chi connectivity index (χ0) is 16.4. The second-order valence-electron chi connectivity index (χ2n) is 5.70. The molecule has 7 heteroatoms. The van der Waals surface area contributed by atoms with Gasteiger partial charge in [0.05, 0.1) is 30.1 Å². The first kappa shape index (κ1) is 15.4. The maximum Gasteiger partial charge on any atom is 0.255 e. The van der Waals surface area contributed by atoms with E-state index in [1.165, 1.54) is 6.39 Å². The van der Waals surface area contributed by atoms with Crippen molar-refractivity contribution in [3.05, 3.63) is 30.3 Å². The van der Waals surface area contributed by atoms with Crippen molar-refractivity contribution in [3.63, 3.8) is 0 Å². The van der Waals surface area contributed by atoms with Crippen LogP contribution < -0.4 is 15.4 Å². The molecular formula is C16H19N3O4. The number of aliphatic hydroxyl groups excluding tert-OH is 1. The van der Waals surface area contributed by atoms with E-state index in [-0.39, 0.29) is 12.5 Å². The maximum atomic E-state index is 12.5. The van der Waals surface area contributed by atoms with Crippen molar-refractivity contribution in [2.45, 2.75) is 25.4 Å². The Morgan fingerprint density at radius 3 is 2.83 bits per heavy atom. The summed E-state index contributed by atoms with van der Waals surface area (Å²) in [5.41, 5.74) is 1.26. The van der Waals surface area contributed by atoms with Gasteiger partial charge in [-0.25, -0.2) is 4.98 Å². The van der Waals surface area contributed by atoms with E-state index in [2.05, 4.69) is 15.6 Å². The minimum Gasteiger partial charge on any atom is -0.496 e. The Morgan fingerprint density at radius 1 is 1.35 bits per heavy atom. The number of ether oxygens (including phenoxy) is 1. The average molecular weight is 317 g/mol. The second-order valence-corrected chi connectivity index (χ2v) is 5.70. The van der Waals surface area contributed by atoms with E-state index in [0.717, 1.165) is 0 Å². The van der Waals surface area contributed by atoms with Crippen molar-refractivity contribution in [1.82, 2.24) is 10.3 Å². The molecule has 0 saturated heterocycles. The van der Waals surface area contributed by atoms with Crippen LogP contribution in [0.3, 0.4) is 0 Å². The second kappa shape index (κ2) is 5.92. The minimum absolute atomic E-state index is 0.0771. The molecule has 7 nitrogen and oxygen atoms in total. The molecular weight excluding hydrogens is 298 g/mol. The number of nitrogens with zero attached hydrogens (tertiary/aromatic N) is 1. The molecule has 0 radical (unpaired) electrons. The normalized spacial score (nSPS) is 19.7. The van der Waals surface area contributed by atoms with E-state index in [0.29, 0.717) is 41.2 Å². The van der Waals surface area contributed by atoms with Crippen LogP contribution in [0.1, 0.15) is 30.1 Å². The number of aliphatic hydroxyl groups is 1. The van der Waals surface area contributed by atoms with Crippen LogP contribution in [0.4, 0.5) is 5.69 Å². The highest BCUT2D eigenvalue weighted by molar-refractivity contribution is 6.03. The monoisotopic (exact) mass is 317 g/mol. The summed E-state index contributed by atoms with van der Waals surface area (Å²) >= 11 is 0. The number of anilines is 1. The summed E-state index contributed by atoms with van der Waals surface area (Å²) in [5.74, 6) is 0.945. The third kappa shape index (κ3) is 2.87. The Morgan fingerprint density at radius 2 is 2.17 bits per heavy atom. The quantitative estimate of drug-likeness (QED) is 0.780. The Labute approximate surface area is 133 Å². The fourth-order valence-electron chi connectivity index (χ4n) is 2.79. The Kier molecular flexibility index (Phi) is 3.96. The molecule has 1 aliphatic heterocycles. The van der Waals surface area contributed by atoms with E-state index >= 15 is 0 Å². The van der Waals surface area contributed by atoms with Gasteiger partial charge in [0.15, 0.2) is 12.2 Å². The first-order chi connectivity index (χ1) is 11.1. The maximum absolute atomic E-state index is 12.5. The summed E-state index contributed by atoms with van der Waals surface area (Å²) in [6.45, 7) is 1.97. The SMILES string of the molecule is COc1cc2c(cc1-c1cnco1)C(=O)NC(C)(CCCO)N2. The smallest absolute Gasteiger partial charge is 0.255 e. The number of hydrogen-bond donors (Lipinski definition) is 3. The number of methoxy groups -OCH3 is 1. The van der Waals surface area contributed by atoms with Crippen molar-refractivity contribution in [1.29, 1.82) is 0 Å². The molecule has 23 heavy (non-hydrogen) atoms. The Bertz CT molecular complexity index is 714. The predicted molar refractivity (Wildman–Crippen MR) is 84.3 cm³/mol. The van der Waals surface area contributed by atoms with Gasteiger partial charge >= 0.3 is 0 Å². The molecule has 0 aliphatic carbocycles. The summed E-state index contributed by atoms with van der Waals surface area (Å²) < 4.78 is 10.7. The van der Waals surface area contributed by atoms with Crippen LogP contribution in [0.5, 0.6) is 5.75 Å². The number of oxazole rings is 1. The van der Waals surface area contributed by atoms with Crippen LogP contribution in [0.25, 0.3) is 11.3 Å². The minimum atomic E-state index is -0.606. The highest BCUT2D eigenvalue weighted by Crippen LogP contribution is 2.37. The predicted octanol–water partition coefficient (Wildman–Crippen LogP) is 1.99. The number of hydrogen-bond acceptors (Lipinski definition) is 6. The van der Waals surface area contributed by atoms with Gasteiger partial charge in [-0.2, -0.15) is 0 Å². The van der Waals surface area contributed by atoms with Crippen LogP contribution in [-0.4, -0.2) is 35.4 Å². The lowest BCUT2D eigenvalue weighted by atomic mass is 9.97. The number of amides is 1. The van der Waals surface area contributed by atoms with Gasteiger partial charge in [-0.1, -0.05) is 0 Å². The number of carbonyl (C=O) groups is 1. The van der Waals surface area contributed by atoms with Crippen LogP contribution in [0.2, 0.25) is 0 Å². The van der Waals surface area contributed by atoms with Crippen LogP contribution >= 0.6 is 0 Å². The molecule has 2 heterocycles. The lowest BCUT2D eigenvalue weighted by molar-refractivity contribution is 0.0899. The van der Waals surface area contributed by atoms with Gasteiger partial charge in [0.25, 0.3) is 5.91 Å². The number of nitrogens with one attached hydrogen (secondary N) is 2.